The Hall–Kier alpha value is -5.42. The van der Waals surface area contributed by atoms with Crippen molar-refractivity contribution >= 4 is 45.6 Å². The lowest BCUT2D eigenvalue weighted by molar-refractivity contribution is 0.604. The molecule has 0 N–H and O–H groups in total. The lowest BCUT2D eigenvalue weighted by Crippen LogP contribution is -2.12. The van der Waals surface area contributed by atoms with E-state index in [1.165, 1.54) is 0 Å². The Kier molecular flexibility index (Phi) is 7.18. The average Bonchev–Trinajstić information content (AvgIpc) is 3.46. The van der Waals surface area contributed by atoms with Crippen molar-refractivity contribution in [2.24, 2.45) is 10.2 Å². The molecular formula is C35H28N4O. The molecule has 0 bridgehead atoms. The lowest BCUT2D eigenvalue weighted by Gasteiger charge is -2.20. The van der Waals surface area contributed by atoms with Gasteiger partial charge < -0.3 is 4.42 Å². The maximum absolute atomic E-state index is 6.21. The smallest absolute Gasteiger partial charge is 0.151 e. The third-order valence-corrected chi connectivity index (χ3v) is 6.47. The van der Waals surface area contributed by atoms with Gasteiger partial charge in [0.2, 0.25) is 0 Å². The van der Waals surface area contributed by atoms with Crippen molar-refractivity contribution in [2.75, 3.05) is 10.0 Å². The predicted molar refractivity (Wildman–Crippen MR) is 166 cm³/mol. The standard InChI is InChI=1S/C35H28N4O/c1-27(37-39(32-18-10-4-11-19-32)33-20-12-5-13-21-33)35-25-29-24-28(22-23-34(29)40-35)26-36-38(30-14-6-2-7-15-30)31-16-8-3-9-17-31/h2-26H,1H3. The molecule has 1 heterocycles. The van der Waals surface area contributed by atoms with E-state index in [1.54, 1.807) is 0 Å². The van der Waals surface area contributed by atoms with Crippen molar-refractivity contribution in [3.63, 3.8) is 0 Å². The Bertz CT molecular complexity index is 1670. The third-order valence-electron chi connectivity index (χ3n) is 6.47. The van der Waals surface area contributed by atoms with Gasteiger partial charge in [-0.15, -0.1) is 0 Å². The first-order valence-electron chi connectivity index (χ1n) is 13.2. The molecule has 40 heavy (non-hydrogen) atoms. The zero-order chi connectivity index (χ0) is 27.1. The number of nitrogens with zero attached hydrogens (tertiary/aromatic N) is 4. The topological polar surface area (TPSA) is 44.3 Å². The second-order valence-corrected chi connectivity index (χ2v) is 9.30. The fourth-order valence-corrected chi connectivity index (χ4v) is 4.47. The van der Waals surface area contributed by atoms with Crippen molar-refractivity contribution < 1.29 is 4.42 Å². The van der Waals surface area contributed by atoms with Crippen LogP contribution >= 0.6 is 0 Å². The third kappa shape index (κ3) is 5.54. The van der Waals surface area contributed by atoms with Gasteiger partial charge in [0.15, 0.2) is 5.76 Å². The molecule has 5 aromatic carbocycles. The number of para-hydroxylation sites is 4. The second kappa shape index (κ2) is 11.5. The largest absolute Gasteiger partial charge is 0.455 e. The van der Waals surface area contributed by atoms with Gasteiger partial charge in [-0.05, 0) is 85.3 Å². The van der Waals surface area contributed by atoms with Crippen LogP contribution in [0.3, 0.4) is 0 Å². The Morgan fingerprint density at radius 3 is 1.55 bits per heavy atom. The maximum Gasteiger partial charge on any atom is 0.151 e. The summed E-state index contributed by atoms with van der Waals surface area (Å²) in [7, 11) is 0. The molecule has 0 amide bonds. The highest BCUT2D eigenvalue weighted by atomic mass is 16.3. The van der Waals surface area contributed by atoms with E-state index in [2.05, 4.69) is 6.07 Å². The molecule has 5 nitrogen and oxygen atoms in total. The summed E-state index contributed by atoms with van der Waals surface area (Å²) in [6, 6.07) is 48.6. The van der Waals surface area contributed by atoms with E-state index in [0.29, 0.717) is 0 Å². The minimum atomic E-state index is 0.719. The molecule has 194 valence electrons. The molecule has 0 aliphatic rings. The fraction of sp³-hybridized carbons (Fsp3) is 0.0286. The van der Waals surface area contributed by atoms with Crippen LogP contribution in [0.25, 0.3) is 11.0 Å². The quantitative estimate of drug-likeness (QED) is 0.148. The van der Waals surface area contributed by atoms with Crippen molar-refractivity contribution in [1.82, 2.24) is 0 Å². The number of furan rings is 1. The average molecular weight is 521 g/mol. The molecule has 0 radical (unpaired) electrons. The zero-order valence-electron chi connectivity index (χ0n) is 22.1. The summed E-state index contributed by atoms with van der Waals surface area (Å²) in [4.78, 5) is 0. The molecule has 0 aliphatic heterocycles. The monoisotopic (exact) mass is 520 g/mol. The van der Waals surface area contributed by atoms with Gasteiger partial charge in [-0.25, -0.2) is 10.0 Å². The molecule has 6 rings (SSSR count). The highest BCUT2D eigenvalue weighted by molar-refractivity contribution is 6.01. The fourth-order valence-electron chi connectivity index (χ4n) is 4.47. The van der Waals surface area contributed by atoms with E-state index in [0.717, 1.165) is 50.8 Å². The van der Waals surface area contributed by atoms with Gasteiger partial charge in [0.05, 0.1) is 29.0 Å². The number of benzene rings is 5. The van der Waals surface area contributed by atoms with Crippen LogP contribution in [-0.2, 0) is 0 Å². The van der Waals surface area contributed by atoms with Gasteiger partial charge in [-0.2, -0.15) is 10.2 Å². The van der Waals surface area contributed by atoms with Crippen molar-refractivity contribution in [2.45, 2.75) is 6.92 Å². The van der Waals surface area contributed by atoms with E-state index in [9.17, 15) is 0 Å². The van der Waals surface area contributed by atoms with Gasteiger partial charge in [-0.3, -0.25) is 0 Å². The predicted octanol–water partition coefficient (Wildman–Crippen LogP) is 9.17. The molecule has 0 aliphatic carbocycles. The van der Waals surface area contributed by atoms with E-state index < -0.39 is 0 Å². The first-order chi connectivity index (χ1) is 19.7. The minimum Gasteiger partial charge on any atom is -0.455 e. The SMILES string of the molecule is CC(=NN(c1ccccc1)c1ccccc1)c1cc2cc(C=NN(c3ccccc3)c3ccccc3)ccc2o1. The van der Waals surface area contributed by atoms with E-state index in [4.69, 9.17) is 14.6 Å². The van der Waals surface area contributed by atoms with Crippen LogP contribution in [0.15, 0.2) is 160 Å². The number of rotatable bonds is 8. The van der Waals surface area contributed by atoms with E-state index >= 15 is 0 Å². The molecule has 6 aromatic rings. The Labute approximate surface area is 233 Å². The number of hydrogen-bond acceptors (Lipinski definition) is 5. The number of fused-ring (bicyclic) bond motifs is 1. The van der Waals surface area contributed by atoms with Gasteiger partial charge >= 0.3 is 0 Å². The van der Waals surface area contributed by atoms with Crippen LogP contribution < -0.4 is 10.0 Å². The molecule has 0 atom stereocenters. The van der Waals surface area contributed by atoms with Crippen LogP contribution in [0.5, 0.6) is 0 Å². The Balaban J connectivity index is 1.30. The molecule has 0 fully saturated rings. The van der Waals surface area contributed by atoms with Gasteiger partial charge in [0, 0.05) is 5.39 Å². The zero-order valence-corrected chi connectivity index (χ0v) is 22.1. The number of hydrogen-bond donors (Lipinski definition) is 0. The van der Waals surface area contributed by atoms with Gasteiger partial charge in [-0.1, -0.05) is 72.8 Å². The summed E-state index contributed by atoms with van der Waals surface area (Å²) < 4.78 is 6.21. The summed E-state index contributed by atoms with van der Waals surface area (Å²) in [5, 5.41) is 14.6. The van der Waals surface area contributed by atoms with Crippen LogP contribution in [0.2, 0.25) is 0 Å². The molecule has 0 unspecified atom stereocenters. The molecule has 0 saturated carbocycles. The molecule has 1 aromatic heterocycles. The highest BCUT2D eigenvalue weighted by Gasteiger charge is 2.13. The molecular weight excluding hydrogens is 492 g/mol. The van der Waals surface area contributed by atoms with Crippen LogP contribution in [0.4, 0.5) is 22.7 Å². The van der Waals surface area contributed by atoms with Crippen molar-refractivity contribution in [1.29, 1.82) is 0 Å². The molecule has 0 saturated heterocycles. The molecule has 5 heteroatoms. The van der Waals surface area contributed by atoms with E-state index in [-0.39, 0.29) is 0 Å². The van der Waals surface area contributed by atoms with Gasteiger partial charge in [0.1, 0.15) is 11.3 Å². The number of hydrazone groups is 2. The highest BCUT2D eigenvalue weighted by Crippen LogP contribution is 2.28. The normalized spacial score (nSPS) is 11.7. The van der Waals surface area contributed by atoms with Gasteiger partial charge in [0.25, 0.3) is 0 Å². The van der Waals surface area contributed by atoms with Crippen molar-refractivity contribution in [3.8, 4) is 0 Å². The first kappa shape index (κ1) is 24.9. The Morgan fingerprint density at radius 2 is 1.05 bits per heavy atom. The lowest BCUT2D eigenvalue weighted by atomic mass is 10.1. The van der Waals surface area contributed by atoms with Crippen molar-refractivity contribution in [3.05, 3.63) is 157 Å². The summed E-state index contributed by atoms with van der Waals surface area (Å²) >= 11 is 0. The summed E-state index contributed by atoms with van der Waals surface area (Å²) in [6.07, 6.45) is 1.87. The molecule has 0 spiro atoms. The Morgan fingerprint density at radius 1 is 0.575 bits per heavy atom. The van der Waals surface area contributed by atoms with Crippen LogP contribution in [-0.4, -0.2) is 11.9 Å². The summed E-state index contributed by atoms with van der Waals surface area (Å²) in [6.45, 7) is 1.97. The van der Waals surface area contributed by atoms with E-state index in [1.807, 2.05) is 163 Å². The summed E-state index contributed by atoms with van der Waals surface area (Å²) in [5.41, 5.74) is 6.48. The van der Waals surface area contributed by atoms with Crippen LogP contribution in [0.1, 0.15) is 18.2 Å². The second-order valence-electron chi connectivity index (χ2n) is 9.30. The van der Waals surface area contributed by atoms with Crippen LogP contribution in [0, 0.1) is 0 Å². The summed E-state index contributed by atoms with van der Waals surface area (Å²) in [5.74, 6) is 0.719. The maximum atomic E-state index is 6.21. The first-order valence-corrected chi connectivity index (χ1v) is 13.2. The number of anilines is 4. The minimum absolute atomic E-state index is 0.719.